The number of nitrogens with one attached hydrogen (secondary N) is 1. The van der Waals surface area contributed by atoms with Gasteiger partial charge in [-0.05, 0) is 49.7 Å². The third kappa shape index (κ3) is 5.21. The van der Waals surface area contributed by atoms with E-state index in [1.165, 1.54) is 37.3 Å². The zero-order valence-corrected chi connectivity index (χ0v) is 17.5. The molecule has 0 radical (unpaired) electrons. The molecular weight excluding hydrogens is 437 g/mol. The summed E-state index contributed by atoms with van der Waals surface area (Å²) in [6.45, 7) is 2.60. The molecule has 1 N–H and O–H groups in total. The molecule has 3 aromatic rings. The first kappa shape index (κ1) is 21.9. The Morgan fingerprint density at radius 3 is 2.63 bits per heavy atom. The van der Waals surface area contributed by atoms with Gasteiger partial charge in [0.15, 0.2) is 6.61 Å². The number of aromatic nitrogens is 2. The van der Waals surface area contributed by atoms with E-state index >= 15 is 0 Å². The lowest BCUT2D eigenvalue weighted by Gasteiger charge is -2.13. The minimum atomic E-state index is -3.94. The largest absolute Gasteiger partial charge is 0.454 e. The van der Waals surface area contributed by atoms with E-state index in [2.05, 4.69) is 14.9 Å². The number of benzene rings is 2. The smallest absolute Gasteiger partial charge is 0.324 e. The Morgan fingerprint density at radius 2 is 1.97 bits per heavy atom. The van der Waals surface area contributed by atoms with Crippen LogP contribution in [0.15, 0.2) is 51.9 Å². The van der Waals surface area contributed by atoms with Gasteiger partial charge in [-0.3, -0.25) is 4.79 Å². The summed E-state index contributed by atoms with van der Waals surface area (Å²) in [5, 5.41) is 4.10. The molecule has 0 amide bonds. The van der Waals surface area contributed by atoms with Crippen molar-refractivity contribution in [3.8, 4) is 11.4 Å². The zero-order valence-electron chi connectivity index (χ0n) is 15.9. The van der Waals surface area contributed by atoms with E-state index in [1.54, 1.807) is 19.1 Å². The van der Waals surface area contributed by atoms with Crippen molar-refractivity contribution in [2.24, 2.45) is 0 Å². The summed E-state index contributed by atoms with van der Waals surface area (Å²) < 4.78 is 50.5. The lowest BCUT2D eigenvalue weighted by Crippen LogP contribution is -2.39. The maximum absolute atomic E-state index is 13.7. The van der Waals surface area contributed by atoms with Crippen LogP contribution in [0.3, 0.4) is 0 Å². The van der Waals surface area contributed by atoms with Crippen LogP contribution in [0.2, 0.25) is 5.02 Å². The molecule has 158 valence electrons. The highest BCUT2D eigenvalue weighted by atomic mass is 35.5. The first-order valence-electron chi connectivity index (χ1n) is 8.69. The van der Waals surface area contributed by atoms with E-state index in [9.17, 15) is 17.6 Å². The van der Waals surface area contributed by atoms with Gasteiger partial charge >= 0.3 is 5.97 Å². The van der Waals surface area contributed by atoms with Gasteiger partial charge in [0.1, 0.15) is 11.9 Å². The fourth-order valence-electron chi connectivity index (χ4n) is 2.38. The van der Waals surface area contributed by atoms with Gasteiger partial charge < -0.3 is 9.26 Å². The summed E-state index contributed by atoms with van der Waals surface area (Å²) in [6.07, 6.45) is 0. The molecule has 0 aliphatic rings. The molecule has 1 aromatic heterocycles. The second kappa shape index (κ2) is 8.90. The van der Waals surface area contributed by atoms with Gasteiger partial charge in [-0.1, -0.05) is 28.9 Å². The van der Waals surface area contributed by atoms with E-state index in [-0.39, 0.29) is 23.2 Å². The molecule has 0 bridgehead atoms. The Balaban J connectivity index is 1.59. The van der Waals surface area contributed by atoms with E-state index in [0.29, 0.717) is 16.1 Å². The molecule has 0 unspecified atom stereocenters. The number of nitrogens with zero attached hydrogens (tertiary/aromatic N) is 2. The second-order valence-corrected chi connectivity index (χ2v) is 8.53. The number of carbonyl (C=O) groups excluding carboxylic acids is 1. The van der Waals surface area contributed by atoms with E-state index < -0.39 is 27.9 Å². The van der Waals surface area contributed by atoms with Crippen LogP contribution in [-0.2, 0) is 26.2 Å². The van der Waals surface area contributed by atoms with Gasteiger partial charge in [0, 0.05) is 10.6 Å². The van der Waals surface area contributed by atoms with Crippen molar-refractivity contribution in [2.45, 2.75) is 31.4 Å². The summed E-state index contributed by atoms with van der Waals surface area (Å²) >= 11 is 5.74. The molecule has 30 heavy (non-hydrogen) atoms. The minimum Gasteiger partial charge on any atom is -0.454 e. The van der Waals surface area contributed by atoms with Crippen LogP contribution in [0.1, 0.15) is 18.4 Å². The Kier molecular flexibility index (Phi) is 6.49. The van der Waals surface area contributed by atoms with Crippen LogP contribution in [0.4, 0.5) is 4.39 Å². The topological polar surface area (TPSA) is 111 Å². The predicted molar refractivity (Wildman–Crippen MR) is 105 cm³/mol. The summed E-state index contributed by atoms with van der Waals surface area (Å²) in [5.74, 6) is -1.13. The normalized spacial score (nSPS) is 12.5. The molecule has 0 aliphatic carbocycles. The van der Waals surface area contributed by atoms with Crippen LogP contribution in [0, 0.1) is 12.7 Å². The maximum atomic E-state index is 13.7. The molecule has 3 rings (SSSR count). The summed E-state index contributed by atoms with van der Waals surface area (Å²) in [6, 6.07) is 8.79. The van der Waals surface area contributed by atoms with Gasteiger partial charge in [0.05, 0.1) is 4.90 Å². The summed E-state index contributed by atoms with van der Waals surface area (Å²) in [5.41, 5.74) is 0.884. The Labute approximate surface area is 177 Å². The minimum absolute atomic E-state index is 0.0212. The highest BCUT2D eigenvalue weighted by molar-refractivity contribution is 7.89. The summed E-state index contributed by atoms with van der Waals surface area (Å²) in [7, 11) is -3.94. The van der Waals surface area contributed by atoms with Crippen molar-refractivity contribution in [1.82, 2.24) is 14.9 Å². The van der Waals surface area contributed by atoms with Crippen molar-refractivity contribution < 1.29 is 26.9 Å². The highest BCUT2D eigenvalue weighted by Gasteiger charge is 2.24. The number of halogens is 2. The Hall–Kier alpha value is -2.82. The molecule has 0 saturated heterocycles. The number of sulfonamides is 1. The average Bonchev–Trinajstić information content (AvgIpc) is 3.17. The Bertz CT molecular complexity index is 1170. The lowest BCUT2D eigenvalue weighted by molar-refractivity contribution is -0.147. The fraction of sp³-hybridized carbons (Fsp3) is 0.211. The van der Waals surface area contributed by atoms with Crippen LogP contribution < -0.4 is 4.72 Å². The van der Waals surface area contributed by atoms with Crippen LogP contribution in [-0.4, -0.2) is 30.6 Å². The quantitative estimate of drug-likeness (QED) is 0.546. The number of hydrogen-bond donors (Lipinski definition) is 1. The van der Waals surface area contributed by atoms with Gasteiger partial charge in [-0.15, -0.1) is 0 Å². The first-order valence-corrected chi connectivity index (χ1v) is 10.6. The third-order valence-electron chi connectivity index (χ3n) is 4.05. The third-order valence-corrected chi connectivity index (χ3v) is 5.85. The van der Waals surface area contributed by atoms with E-state index in [1.807, 2.05) is 0 Å². The van der Waals surface area contributed by atoms with Crippen LogP contribution >= 0.6 is 11.6 Å². The van der Waals surface area contributed by atoms with E-state index in [4.69, 9.17) is 20.9 Å². The maximum Gasteiger partial charge on any atom is 0.324 e. The molecule has 2 aromatic carbocycles. The first-order chi connectivity index (χ1) is 14.2. The second-order valence-electron chi connectivity index (χ2n) is 6.38. The highest BCUT2D eigenvalue weighted by Crippen LogP contribution is 2.19. The van der Waals surface area contributed by atoms with Crippen molar-refractivity contribution in [3.05, 3.63) is 64.8 Å². The SMILES string of the molecule is Cc1ccc(-c2noc(COC(=O)[C@H](C)NS(=O)(=O)c3ccc(Cl)cc3)n2)cc1F. The van der Waals surface area contributed by atoms with E-state index in [0.717, 1.165) is 0 Å². The molecule has 1 heterocycles. The number of hydrogen-bond acceptors (Lipinski definition) is 7. The van der Waals surface area contributed by atoms with Crippen molar-refractivity contribution >= 4 is 27.6 Å². The monoisotopic (exact) mass is 453 g/mol. The number of ether oxygens (including phenoxy) is 1. The average molecular weight is 454 g/mol. The van der Waals surface area contributed by atoms with Gasteiger partial charge in [-0.25, -0.2) is 12.8 Å². The lowest BCUT2D eigenvalue weighted by atomic mass is 10.1. The molecule has 1 atom stereocenters. The van der Waals surface area contributed by atoms with Crippen molar-refractivity contribution in [1.29, 1.82) is 0 Å². The number of aryl methyl sites for hydroxylation is 1. The van der Waals surface area contributed by atoms with Crippen LogP contribution in [0.5, 0.6) is 0 Å². The fourth-order valence-corrected chi connectivity index (χ4v) is 3.70. The van der Waals surface area contributed by atoms with Crippen LogP contribution in [0.25, 0.3) is 11.4 Å². The van der Waals surface area contributed by atoms with Gasteiger partial charge in [0.2, 0.25) is 15.8 Å². The van der Waals surface area contributed by atoms with Crippen molar-refractivity contribution in [2.75, 3.05) is 0 Å². The molecule has 0 spiro atoms. The molecular formula is C19H17ClFN3O5S. The molecule has 8 nitrogen and oxygen atoms in total. The predicted octanol–water partition coefficient (Wildman–Crippen LogP) is 3.25. The number of rotatable bonds is 7. The number of carbonyl (C=O) groups is 1. The molecule has 0 saturated carbocycles. The van der Waals surface area contributed by atoms with Gasteiger partial charge in [0.25, 0.3) is 5.89 Å². The standard InChI is InChI=1S/C19H17ClFN3O5S/c1-11-3-4-13(9-16(11)21)18-22-17(29-23-18)10-28-19(25)12(2)24-30(26,27)15-7-5-14(20)6-8-15/h3-9,12,24H,10H2,1-2H3/t12-/m0/s1. The number of esters is 1. The molecule has 0 fully saturated rings. The molecule has 0 aliphatic heterocycles. The summed E-state index contributed by atoms with van der Waals surface area (Å²) in [4.78, 5) is 16.1. The Morgan fingerprint density at radius 1 is 1.27 bits per heavy atom. The van der Waals surface area contributed by atoms with Crippen molar-refractivity contribution in [3.63, 3.8) is 0 Å². The zero-order chi connectivity index (χ0) is 21.9. The van der Waals surface area contributed by atoms with Gasteiger partial charge in [-0.2, -0.15) is 9.71 Å². The molecule has 11 heteroatoms.